The number of benzene rings is 1. The number of aromatic nitrogens is 5. The molecule has 0 radical (unpaired) electrons. The first-order valence-electron chi connectivity index (χ1n) is 11.9. The van der Waals surface area contributed by atoms with Crippen LogP contribution in [-0.2, 0) is 24.9 Å². The normalized spacial score (nSPS) is 16.3. The van der Waals surface area contributed by atoms with E-state index in [4.69, 9.17) is 0 Å². The van der Waals surface area contributed by atoms with E-state index in [1.54, 1.807) is 4.68 Å². The van der Waals surface area contributed by atoms with Gasteiger partial charge in [-0.1, -0.05) is 6.07 Å². The number of hydrogen-bond acceptors (Lipinski definition) is 7. The highest BCUT2D eigenvalue weighted by Gasteiger charge is 2.47. The van der Waals surface area contributed by atoms with Gasteiger partial charge in [-0.2, -0.15) is 4.98 Å². The molecule has 3 N–H and O–H groups in total. The van der Waals surface area contributed by atoms with Gasteiger partial charge in [0.25, 0.3) is 5.56 Å². The van der Waals surface area contributed by atoms with Crippen LogP contribution in [0.1, 0.15) is 36.6 Å². The summed E-state index contributed by atoms with van der Waals surface area (Å²) >= 11 is 0. The third-order valence-corrected chi connectivity index (χ3v) is 7.03. The van der Waals surface area contributed by atoms with E-state index in [-0.39, 0.29) is 17.9 Å². The molecule has 1 saturated carbocycles. The molecule has 4 heterocycles. The van der Waals surface area contributed by atoms with Crippen LogP contribution >= 0.6 is 0 Å². The minimum atomic E-state index is -0.649. The largest absolute Gasteiger partial charge is 0.395 e. The van der Waals surface area contributed by atoms with Crippen molar-refractivity contribution >= 4 is 22.7 Å². The molecule has 0 atom stereocenters. The molecule has 1 aliphatic carbocycles. The van der Waals surface area contributed by atoms with E-state index in [2.05, 4.69) is 37.7 Å². The third-order valence-electron chi connectivity index (χ3n) is 7.03. The molecule has 0 bridgehead atoms. The fourth-order valence-corrected chi connectivity index (χ4v) is 4.84. The Morgan fingerprint density at radius 3 is 2.83 bits per heavy atom. The molecule has 1 fully saturated rings. The smallest absolute Gasteiger partial charge is 0.278 e. The standard InChI is InChI=1S/C25H26FN7O2/c1-2-32-23(35)18-13-28-24(29-17-4-3-15-7-10-27-12-16(15)11-17)31-22(18)33(32)20-6-5-19(26)21(30-20)25(14-34)8-9-25/h3-6,11,13,27,34H,2,7-10,12,14H2,1H3,(H,28,29,31). The van der Waals surface area contributed by atoms with Crippen molar-refractivity contribution in [2.24, 2.45) is 0 Å². The average Bonchev–Trinajstić information content (AvgIpc) is 3.63. The minimum absolute atomic E-state index is 0.167. The van der Waals surface area contributed by atoms with Gasteiger partial charge in [0.15, 0.2) is 11.5 Å². The van der Waals surface area contributed by atoms with Crippen molar-refractivity contribution in [1.29, 1.82) is 0 Å². The third kappa shape index (κ3) is 3.60. The van der Waals surface area contributed by atoms with Crippen LogP contribution in [-0.4, -0.2) is 42.6 Å². The van der Waals surface area contributed by atoms with Crippen LogP contribution < -0.4 is 16.2 Å². The lowest BCUT2D eigenvalue weighted by Gasteiger charge is -2.18. The van der Waals surface area contributed by atoms with E-state index in [0.717, 1.165) is 25.2 Å². The predicted molar refractivity (Wildman–Crippen MR) is 130 cm³/mol. The van der Waals surface area contributed by atoms with Crippen molar-refractivity contribution in [3.63, 3.8) is 0 Å². The van der Waals surface area contributed by atoms with Gasteiger partial charge in [0, 0.05) is 30.4 Å². The van der Waals surface area contributed by atoms with Gasteiger partial charge in [-0.05, 0) is 68.1 Å². The lowest BCUT2D eigenvalue weighted by molar-refractivity contribution is 0.249. The molecule has 0 unspecified atom stereocenters. The SMILES string of the molecule is CCn1c(=O)c2cnc(Nc3ccc4c(c3)CNCC4)nc2n1-c1ccc(F)c(C2(CO)CC2)n1. The van der Waals surface area contributed by atoms with Gasteiger partial charge in [-0.3, -0.25) is 4.79 Å². The highest BCUT2D eigenvalue weighted by Crippen LogP contribution is 2.47. The summed E-state index contributed by atoms with van der Waals surface area (Å²) in [5, 5.41) is 16.8. The molecule has 9 nitrogen and oxygen atoms in total. The lowest BCUT2D eigenvalue weighted by Crippen LogP contribution is -2.23. The fraction of sp³-hybridized carbons (Fsp3) is 0.360. The molecule has 0 amide bonds. The monoisotopic (exact) mass is 475 g/mol. The van der Waals surface area contributed by atoms with E-state index in [1.165, 1.54) is 34.1 Å². The first-order valence-corrected chi connectivity index (χ1v) is 11.9. The van der Waals surface area contributed by atoms with Gasteiger partial charge < -0.3 is 15.7 Å². The molecule has 3 aromatic heterocycles. The first kappa shape index (κ1) is 21.9. The number of anilines is 2. The van der Waals surface area contributed by atoms with Crippen LogP contribution in [0.15, 0.2) is 41.3 Å². The Morgan fingerprint density at radius 1 is 1.20 bits per heavy atom. The maximum absolute atomic E-state index is 14.6. The molecular formula is C25H26FN7O2. The Balaban J connectivity index is 1.45. The van der Waals surface area contributed by atoms with Crippen LogP contribution in [0.4, 0.5) is 16.0 Å². The van der Waals surface area contributed by atoms with Gasteiger partial charge in [0.05, 0.1) is 12.3 Å². The Bertz CT molecular complexity index is 1510. The molecule has 6 rings (SSSR count). The van der Waals surface area contributed by atoms with Crippen LogP contribution in [0.5, 0.6) is 0 Å². The summed E-state index contributed by atoms with van der Waals surface area (Å²) in [6.45, 7) is 3.85. The van der Waals surface area contributed by atoms with E-state index in [0.29, 0.717) is 42.2 Å². The van der Waals surface area contributed by atoms with E-state index >= 15 is 0 Å². The lowest BCUT2D eigenvalue weighted by atomic mass is 10.0. The number of fused-ring (bicyclic) bond motifs is 2. The number of rotatable bonds is 6. The summed E-state index contributed by atoms with van der Waals surface area (Å²) in [6.07, 6.45) is 3.86. The van der Waals surface area contributed by atoms with Crippen LogP contribution in [0.25, 0.3) is 16.9 Å². The second kappa shape index (κ2) is 8.24. The van der Waals surface area contributed by atoms with Gasteiger partial charge in [0.2, 0.25) is 5.95 Å². The number of aliphatic hydroxyl groups excluding tert-OH is 1. The average molecular weight is 476 g/mol. The maximum atomic E-state index is 14.6. The van der Waals surface area contributed by atoms with Gasteiger partial charge in [0.1, 0.15) is 11.2 Å². The Hall–Kier alpha value is -3.63. The minimum Gasteiger partial charge on any atom is -0.395 e. The maximum Gasteiger partial charge on any atom is 0.278 e. The zero-order valence-corrected chi connectivity index (χ0v) is 19.4. The number of hydrogen-bond donors (Lipinski definition) is 3. The number of halogens is 1. The predicted octanol–water partition coefficient (Wildman–Crippen LogP) is 2.55. The summed E-state index contributed by atoms with van der Waals surface area (Å²) in [4.78, 5) is 26.7. The number of nitrogens with zero attached hydrogens (tertiary/aromatic N) is 5. The molecule has 0 spiro atoms. The molecule has 0 saturated heterocycles. The van der Waals surface area contributed by atoms with Crippen molar-refractivity contribution in [3.8, 4) is 5.82 Å². The molecule has 1 aromatic carbocycles. The Morgan fingerprint density at radius 2 is 2.06 bits per heavy atom. The van der Waals surface area contributed by atoms with Crippen molar-refractivity contribution in [3.05, 3.63) is 69.5 Å². The zero-order chi connectivity index (χ0) is 24.2. The summed E-state index contributed by atoms with van der Waals surface area (Å²) in [5.41, 5.74) is 3.13. The van der Waals surface area contributed by atoms with Crippen LogP contribution in [0, 0.1) is 5.82 Å². The highest BCUT2D eigenvalue weighted by molar-refractivity contribution is 5.77. The van der Waals surface area contributed by atoms with Gasteiger partial charge >= 0.3 is 0 Å². The number of pyridine rings is 1. The highest BCUT2D eigenvalue weighted by atomic mass is 19.1. The Kier molecular flexibility index (Phi) is 5.15. The summed E-state index contributed by atoms with van der Waals surface area (Å²) in [6, 6.07) is 9.06. The summed E-state index contributed by atoms with van der Waals surface area (Å²) < 4.78 is 17.8. The summed E-state index contributed by atoms with van der Waals surface area (Å²) in [7, 11) is 0. The van der Waals surface area contributed by atoms with Gasteiger partial charge in [-0.25, -0.2) is 23.7 Å². The topological polar surface area (TPSA) is 110 Å². The fourth-order valence-electron chi connectivity index (χ4n) is 4.84. The summed E-state index contributed by atoms with van der Waals surface area (Å²) in [5.74, 6) is 0.264. The number of nitrogens with one attached hydrogen (secondary N) is 2. The van der Waals surface area contributed by atoms with E-state index in [1.807, 2.05) is 13.0 Å². The quantitative estimate of drug-likeness (QED) is 0.393. The molecule has 180 valence electrons. The number of aliphatic hydroxyl groups is 1. The molecule has 1 aliphatic heterocycles. The van der Waals surface area contributed by atoms with E-state index in [9.17, 15) is 14.3 Å². The van der Waals surface area contributed by atoms with E-state index < -0.39 is 11.2 Å². The zero-order valence-electron chi connectivity index (χ0n) is 19.4. The molecule has 2 aliphatic rings. The van der Waals surface area contributed by atoms with Crippen LogP contribution in [0.2, 0.25) is 0 Å². The molecule has 4 aromatic rings. The van der Waals surface area contributed by atoms with Crippen molar-refractivity contribution in [2.45, 2.75) is 44.7 Å². The second-order valence-corrected chi connectivity index (χ2v) is 9.24. The first-order chi connectivity index (χ1) is 17.0. The van der Waals surface area contributed by atoms with Gasteiger partial charge in [-0.15, -0.1) is 0 Å². The van der Waals surface area contributed by atoms with Crippen molar-refractivity contribution in [2.75, 3.05) is 18.5 Å². The van der Waals surface area contributed by atoms with Crippen molar-refractivity contribution < 1.29 is 9.50 Å². The molecule has 10 heteroatoms. The molecular weight excluding hydrogens is 449 g/mol. The second-order valence-electron chi connectivity index (χ2n) is 9.24. The Labute approximate surface area is 200 Å². The van der Waals surface area contributed by atoms with Crippen molar-refractivity contribution in [1.82, 2.24) is 29.6 Å². The molecule has 35 heavy (non-hydrogen) atoms. The van der Waals surface area contributed by atoms with Crippen LogP contribution in [0.3, 0.4) is 0 Å².